The van der Waals surface area contributed by atoms with Gasteiger partial charge in [-0.15, -0.1) is 24.2 Å². The summed E-state index contributed by atoms with van der Waals surface area (Å²) in [5, 5.41) is 8.69. The fourth-order valence-electron chi connectivity index (χ4n) is 3.49. The van der Waals surface area contributed by atoms with Crippen molar-refractivity contribution in [1.29, 1.82) is 0 Å². The van der Waals surface area contributed by atoms with Crippen LogP contribution in [0, 0.1) is 38.3 Å². The Morgan fingerprint density at radius 1 is 1.00 bits per heavy atom. The summed E-state index contributed by atoms with van der Waals surface area (Å²) in [5.41, 5.74) is 4.57. The lowest BCUT2D eigenvalue weighted by atomic mass is 9.99. The predicted octanol–water partition coefficient (Wildman–Crippen LogP) is 7.20. The third-order valence-corrected chi connectivity index (χ3v) is 6.10. The maximum atomic E-state index is 12.2. The molecule has 0 radical (unpaired) electrons. The van der Waals surface area contributed by atoms with Crippen LogP contribution in [0.3, 0.4) is 0 Å². The van der Waals surface area contributed by atoms with Crippen LogP contribution in [0.25, 0.3) is 10.4 Å². The van der Waals surface area contributed by atoms with Gasteiger partial charge in [0.2, 0.25) is 5.91 Å². The molecule has 1 amide bonds. The van der Waals surface area contributed by atoms with Crippen molar-refractivity contribution in [2.24, 2.45) is 0 Å². The molecule has 0 aliphatic carbocycles. The molecular formula is C29H36F2N2OS. The van der Waals surface area contributed by atoms with Crippen molar-refractivity contribution in [1.82, 2.24) is 10.6 Å². The summed E-state index contributed by atoms with van der Waals surface area (Å²) in [5.74, 6) is -1.00. The van der Waals surface area contributed by atoms with Gasteiger partial charge in [-0.3, -0.25) is 4.79 Å². The minimum Gasteiger partial charge on any atom is -0.356 e. The number of amides is 1. The van der Waals surface area contributed by atoms with Crippen LogP contribution in [0.2, 0.25) is 0 Å². The lowest BCUT2D eigenvalue weighted by Gasteiger charge is -2.19. The summed E-state index contributed by atoms with van der Waals surface area (Å²) in [6.45, 7) is 9.21. The average molecular weight is 499 g/mol. The minimum atomic E-state index is -0.521. The number of carbonyl (C=O) groups is 1. The zero-order valence-electron chi connectivity index (χ0n) is 21.0. The van der Waals surface area contributed by atoms with Crippen molar-refractivity contribution in [3.63, 3.8) is 0 Å². The van der Waals surface area contributed by atoms with E-state index in [1.807, 2.05) is 0 Å². The summed E-state index contributed by atoms with van der Waals surface area (Å²) in [7, 11) is 0. The highest BCUT2D eigenvalue weighted by Gasteiger charge is 2.11. The van der Waals surface area contributed by atoms with E-state index in [2.05, 4.69) is 73.0 Å². The molecule has 35 heavy (non-hydrogen) atoms. The van der Waals surface area contributed by atoms with Crippen molar-refractivity contribution in [2.75, 3.05) is 13.1 Å². The van der Waals surface area contributed by atoms with E-state index >= 15 is 0 Å². The van der Waals surface area contributed by atoms with Crippen LogP contribution in [-0.4, -0.2) is 19.0 Å². The summed E-state index contributed by atoms with van der Waals surface area (Å²) < 4.78 is 24.4. The molecule has 2 N–H and O–H groups in total. The van der Waals surface area contributed by atoms with E-state index in [1.165, 1.54) is 33.7 Å². The van der Waals surface area contributed by atoms with Crippen LogP contribution in [0.4, 0.5) is 8.78 Å². The first kappa shape index (κ1) is 30.0. The fourth-order valence-corrected chi connectivity index (χ4v) is 4.39. The number of hydrogen-bond donors (Lipinski definition) is 2. The standard InChI is InChI=1S/C20H28N2OS.C7H6F2.C2H2/c1-4-7-19(22-11-6-10-21-16(3)23)17-8-5-9-18(13-17)20-12-15(2)14-24-20;1-5-2-6(8)4-7(9)3-5;1-2/h5,8-9,12-14,19,22H,4,6-7,10-11H2,1-3H3,(H,21,23);2-4H,1H3;1-2H. The molecule has 1 aromatic heterocycles. The van der Waals surface area contributed by atoms with Crippen LogP contribution < -0.4 is 10.6 Å². The van der Waals surface area contributed by atoms with Crippen LogP contribution in [0.1, 0.15) is 55.8 Å². The molecule has 3 rings (SSSR count). The Labute approximate surface area is 213 Å². The van der Waals surface area contributed by atoms with Gasteiger partial charge < -0.3 is 10.6 Å². The average Bonchev–Trinajstić information content (AvgIpc) is 3.25. The van der Waals surface area contributed by atoms with E-state index < -0.39 is 11.6 Å². The normalized spacial score (nSPS) is 10.9. The van der Waals surface area contributed by atoms with Gasteiger partial charge in [-0.2, -0.15) is 0 Å². The molecule has 0 bridgehead atoms. The van der Waals surface area contributed by atoms with Gasteiger partial charge in [-0.25, -0.2) is 8.78 Å². The third-order valence-electron chi connectivity index (χ3n) is 5.01. The van der Waals surface area contributed by atoms with Crippen molar-refractivity contribution < 1.29 is 13.6 Å². The number of aryl methyl sites for hydroxylation is 2. The number of thiophene rings is 1. The lowest BCUT2D eigenvalue weighted by Crippen LogP contribution is -2.27. The van der Waals surface area contributed by atoms with Gasteiger partial charge in [0.1, 0.15) is 11.6 Å². The van der Waals surface area contributed by atoms with Gasteiger partial charge in [0, 0.05) is 30.5 Å². The smallest absolute Gasteiger partial charge is 0.216 e. The molecule has 2 aromatic carbocycles. The first-order valence-corrected chi connectivity index (χ1v) is 12.6. The van der Waals surface area contributed by atoms with Crippen LogP contribution in [0.5, 0.6) is 0 Å². The van der Waals surface area contributed by atoms with Gasteiger partial charge in [0.05, 0.1) is 0 Å². The highest BCUT2D eigenvalue weighted by Crippen LogP contribution is 2.29. The monoisotopic (exact) mass is 498 g/mol. The van der Waals surface area contributed by atoms with E-state index in [4.69, 9.17) is 0 Å². The molecule has 0 aliphatic heterocycles. The maximum absolute atomic E-state index is 12.2. The molecule has 6 heteroatoms. The van der Waals surface area contributed by atoms with Crippen LogP contribution in [-0.2, 0) is 4.79 Å². The number of benzene rings is 2. The molecule has 3 nitrogen and oxygen atoms in total. The first-order chi connectivity index (χ1) is 16.8. The van der Waals surface area contributed by atoms with Gasteiger partial charge in [0.25, 0.3) is 0 Å². The second-order valence-corrected chi connectivity index (χ2v) is 9.10. The van der Waals surface area contributed by atoms with Crippen molar-refractivity contribution in [3.8, 4) is 23.3 Å². The molecule has 1 atom stereocenters. The number of nitrogens with one attached hydrogen (secondary N) is 2. The van der Waals surface area contributed by atoms with Gasteiger partial charge in [0.15, 0.2) is 0 Å². The fraction of sp³-hybridized carbons (Fsp3) is 0.345. The Balaban J connectivity index is 0.000000464. The second-order valence-electron chi connectivity index (χ2n) is 8.19. The molecule has 3 aromatic rings. The van der Waals surface area contributed by atoms with Gasteiger partial charge in [-0.05, 0) is 85.1 Å². The first-order valence-electron chi connectivity index (χ1n) is 11.7. The van der Waals surface area contributed by atoms with E-state index in [0.29, 0.717) is 11.6 Å². The number of rotatable bonds is 9. The Morgan fingerprint density at radius 3 is 2.23 bits per heavy atom. The third kappa shape index (κ3) is 11.8. The summed E-state index contributed by atoms with van der Waals surface area (Å²) >= 11 is 1.80. The van der Waals surface area contributed by atoms with Gasteiger partial charge >= 0.3 is 0 Å². The van der Waals surface area contributed by atoms with Crippen LogP contribution in [0.15, 0.2) is 53.9 Å². The molecule has 0 saturated carbocycles. The minimum absolute atomic E-state index is 0.0408. The Kier molecular flexibility index (Phi) is 14.2. The summed E-state index contributed by atoms with van der Waals surface area (Å²) in [6.07, 6.45) is 11.2. The largest absolute Gasteiger partial charge is 0.356 e. The zero-order valence-corrected chi connectivity index (χ0v) is 21.9. The Hall–Kier alpha value is -3.01. The summed E-state index contributed by atoms with van der Waals surface area (Å²) in [6, 6.07) is 14.9. The van der Waals surface area contributed by atoms with E-state index in [9.17, 15) is 13.6 Å². The molecule has 0 spiro atoms. The number of hydrogen-bond acceptors (Lipinski definition) is 3. The van der Waals surface area contributed by atoms with E-state index in [-0.39, 0.29) is 5.91 Å². The van der Waals surface area contributed by atoms with Crippen molar-refractivity contribution >= 4 is 17.2 Å². The Morgan fingerprint density at radius 2 is 1.69 bits per heavy atom. The predicted molar refractivity (Wildman–Crippen MR) is 144 cm³/mol. The van der Waals surface area contributed by atoms with E-state index in [0.717, 1.165) is 38.4 Å². The SMILES string of the molecule is C#C.CCCC(NCCCNC(C)=O)c1cccc(-c2cc(C)cs2)c1.Cc1cc(F)cc(F)c1. The molecular weight excluding hydrogens is 462 g/mol. The summed E-state index contributed by atoms with van der Waals surface area (Å²) in [4.78, 5) is 12.2. The Bertz CT molecular complexity index is 1010. The molecule has 1 unspecified atom stereocenters. The maximum Gasteiger partial charge on any atom is 0.216 e. The number of terminal acetylenes is 1. The van der Waals surface area contributed by atoms with Crippen molar-refractivity contribution in [3.05, 3.63) is 82.2 Å². The number of carbonyl (C=O) groups excluding carboxylic acids is 1. The highest BCUT2D eigenvalue weighted by atomic mass is 32.1. The zero-order chi connectivity index (χ0) is 26.2. The molecule has 0 aliphatic rings. The quantitative estimate of drug-likeness (QED) is 0.242. The van der Waals surface area contributed by atoms with E-state index in [1.54, 1.807) is 25.2 Å². The lowest BCUT2D eigenvalue weighted by molar-refractivity contribution is -0.118. The van der Waals surface area contributed by atoms with Crippen LogP contribution >= 0.6 is 11.3 Å². The molecule has 0 saturated heterocycles. The number of halogens is 2. The second kappa shape index (κ2) is 16.6. The van der Waals surface area contributed by atoms with Gasteiger partial charge in [-0.1, -0.05) is 31.5 Å². The molecule has 188 valence electrons. The topological polar surface area (TPSA) is 41.1 Å². The highest BCUT2D eigenvalue weighted by molar-refractivity contribution is 7.13. The van der Waals surface area contributed by atoms with Crippen molar-refractivity contribution in [2.45, 2.75) is 53.0 Å². The molecule has 1 heterocycles. The molecule has 0 fully saturated rings.